The average molecular weight is 313 g/mol. The molecule has 3 saturated heterocycles. The van der Waals surface area contributed by atoms with Crippen LogP contribution in [0.4, 0.5) is 0 Å². The van der Waals surface area contributed by atoms with Crippen LogP contribution < -0.4 is 0 Å². The van der Waals surface area contributed by atoms with Crippen molar-refractivity contribution in [2.75, 3.05) is 6.54 Å². The number of rotatable bonds is 0. The monoisotopic (exact) mass is 313 g/mol. The van der Waals surface area contributed by atoms with Crippen molar-refractivity contribution in [3.63, 3.8) is 0 Å². The minimum Gasteiger partial charge on any atom is -0.392 e. The molecule has 3 heteroatoms. The molecule has 3 nitrogen and oxygen atoms in total. The number of aliphatic hydroxyl groups is 2. The quantitative estimate of drug-likeness (QED) is 0.674. The summed E-state index contributed by atoms with van der Waals surface area (Å²) >= 11 is 0. The summed E-state index contributed by atoms with van der Waals surface area (Å²) in [5.74, 6) is 1.89. The van der Waals surface area contributed by atoms with Gasteiger partial charge in [0.1, 0.15) is 5.72 Å². The van der Waals surface area contributed by atoms with Crippen molar-refractivity contribution in [1.82, 2.24) is 4.90 Å². The minimum atomic E-state index is -0.572. The molecule has 11 atom stereocenters. The number of hydrogen-bond donors (Lipinski definition) is 2. The fourth-order valence-corrected chi connectivity index (χ4v) is 10.6. The van der Waals surface area contributed by atoms with Crippen LogP contribution >= 0.6 is 0 Å². The lowest BCUT2D eigenvalue weighted by Gasteiger charge is -2.66. The van der Waals surface area contributed by atoms with Gasteiger partial charge in [-0.3, -0.25) is 4.90 Å². The van der Waals surface area contributed by atoms with E-state index in [2.05, 4.69) is 18.4 Å². The van der Waals surface area contributed by atoms with E-state index in [0.717, 1.165) is 25.8 Å². The first-order chi connectivity index (χ1) is 10.9. The van der Waals surface area contributed by atoms with Crippen LogP contribution in [0.5, 0.6) is 0 Å². The van der Waals surface area contributed by atoms with Crippen LogP contribution in [0.25, 0.3) is 0 Å². The summed E-state index contributed by atoms with van der Waals surface area (Å²) in [6.45, 7) is 7.87. The van der Waals surface area contributed by atoms with E-state index < -0.39 is 5.72 Å². The zero-order valence-electron chi connectivity index (χ0n) is 14.0. The number of fused-ring (bicyclic) bond motifs is 1. The van der Waals surface area contributed by atoms with E-state index in [1.807, 2.05) is 0 Å². The summed E-state index contributed by atoms with van der Waals surface area (Å²) in [7, 11) is 0. The molecule has 0 amide bonds. The largest absolute Gasteiger partial charge is 0.392 e. The van der Waals surface area contributed by atoms with E-state index in [1.54, 1.807) is 0 Å². The Morgan fingerprint density at radius 2 is 2.13 bits per heavy atom. The predicted molar refractivity (Wildman–Crippen MR) is 85.2 cm³/mol. The van der Waals surface area contributed by atoms with Gasteiger partial charge >= 0.3 is 0 Å². The molecule has 4 unspecified atom stereocenters. The highest BCUT2D eigenvalue weighted by molar-refractivity contribution is 5.42. The first kappa shape index (κ1) is 12.9. The van der Waals surface area contributed by atoms with Crippen LogP contribution in [-0.4, -0.2) is 39.5 Å². The van der Waals surface area contributed by atoms with E-state index in [4.69, 9.17) is 0 Å². The molecule has 3 aliphatic heterocycles. The normalized spacial score (nSPS) is 75.6. The molecular weight excluding hydrogens is 286 g/mol. The number of nitrogens with zero attached hydrogens (tertiary/aromatic N) is 1. The van der Waals surface area contributed by atoms with Crippen molar-refractivity contribution < 1.29 is 10.2 Å². The summed E-state index contributed by atoms with van der Waals surface area (Å²) in [4.78, 5) is 2.56. The minimum absolute atomic E-state index is 0.167. The Morgan fingerprint density at radius 3 is 2.96 bits per heavy atom. The van der Waals surface area contributed by atoms with Gasteiger partial charge in [-0.1, -0.05) is 25.5 Å². The van der Waals surface area contributed by atoms with Gasteiger partial charge in [0.2, 0.25) is 0 Å². The van der Waals surface area contributed by atoms with Gasteiger partial charge in [0.25, 0.3) is 0 Å². The molecule has 0 aromatic carbocycles. The molecule has 6 aliphatic carbocycles. The Kier molecular flexibility index (Phi) is 1.73. The molecule has 0 aromatic heterocycles. The highest BCUT2D eigenvalue weighted by Gasteiger charge is 2.91. The number of hydrogen-bond acceptors (Lipinski definition) is 3. The first-order valence-corrected chi connectivity index (χ1v) is 9.73. The molecule has 2 spiro atoms. The van der Waals surface area contributed by atoms with E-state index in [-0.39, 0.29) is 22.3 Å². The fourth-order valence-electron chi connectivity index (χ4n) is 10.6. The van der Waals surface area contributed by atoms with Crippen LogP contribution in [0.15, 0.2) is 12.2 Å². The van der Waals surface area contributed by atoms with Crippen LogP contribution in [0.1, 0.15) is 45.4 Å². The lowest BCUT2D eigenvalue weighted by Crippen LogP contribution is -2.67. The highest BCUT2D eigenvalue weighted by atomic mass is 16.3. The second kappa shape index (κ2) is 3.08. The van der Waals surface area contributed by atoms with E-state index >= 15 is 0 Å². The summed E-state index contributed by atoms with van der Waals surface area (Å²) in [5.41, 5.74) is 1.36. The Morgan fingerprint density at radius 1 is 1.30 bits per heavy atom. The van der Waals surface area contributed by atoms with E-state index in [0.29, 0.717) is 29.7 Å². The highest BCUT2D eigenvalue weighted by Crippen LogP contribution is 2.88. The molecule has 124 valence electrons. The van der Waals surface area contributed by atoms with Crippen LogP contribution in [-0.2, 0) is 0 Å². The molecule has 9 fully saturated rings. The smallest absolute Gasteiger partial charge is 0.123 e. The summed E-state index contributed by atoms with van der Waals surface area (Å²) in [5, 5.41) is 23.2. The van der Waals surface area contributed by atoms with Gasteiger partial charge in [0.05, 0.1) is 6.10 Å². The zero-order valence-corrected chi connectivity index (χ0v) is 14.0. The average Bonchev–Trinajstić information content (AvgIpc) is 2.81. The lowest BCUT2D eigenvalue weighted by atomic mass is 9.39. The Labute approximate surface area is 137 Å². The third-order valence-corrected chi connectivity index (χ3v) is 10.2. The van der Waals surface area contributed by atoms with E-state index in [9.17, 15) is 10.2 Å². The fraction of sp³-hybridized carbons (Fsp3) is 0.900. The van der Waals surface area contributed by atoms with Crippen LogP contribution in [0.3, 0.4) is 0 Å². The van der Waals surface area contributed by atoms with Gasteiger partial charge in [-0.2, -0.15) is 0 Å². The van der Waals surface area contributed by atoms with Gasteiger partial charge in [0.15, 0.2) is 0 Å². The molecule has 9 bridgehead atoms. The van der Waals surface area contributed by atoms with Gasteiger partial charge < -0.3 is 10.2 Å². The molecule has 3 heterocycles. The number of piperidine rings is 2. The molecule has 9 rings (SSSR count). The van der Waals surface area contributed by atoms with Crippen molar-refractivity contribution in [3.05, 3.63) is 12.2 Å². The molecule has 23 heavy (non-hydrogen) atoms. The van der Waals surface area contributed by atoms with Crippen molar-refractivity contribution in [3.8, 4) is 0 Å². The summed E-state index contributed by atoms with van der Waals surface area (Å²) < 4.78 is 0. The third-order valence-electron chi connectivity index (χ3n) is 10.2. The SMILES string of the molecule is C=C1CC23C[C@@]4(O)[C@@H]5[C@@]6(C)CCC[C@]57C([C@H]2C[C@H]1C(O)[C@H]37)N4C6. The van der Waals surface area contributed by atoms with Crippen LogP contribution in [0, 0.1) is 39.9 Å². The Hall–Kier alpha value is -0.380. The number of aliphatic hydroxyl groups excluding tert-OH is 1. The summed E-state index contributed by atoms with van der Waals surface area (Å²) in [6, 6.07) is 0.553. The maximum absolute atomic E-state index is 11.8. The van der Waals surface area contributed by atoms with Crippen molar-refractivity contribution >= 4 is 0 Å². The van der Waals surface area contributed by atoms with Crippen molar-refractivity contribution in [2.45, 2.75) is 63.3 Å². The molecule has 6 saturated carbocycles. The third kappa shape index (κ3) is 0.910. The van der Waals surface area contributed by atoms with Crippen LogP contribution in [0.2, 0.25) is 0 Å². The molecule has 0 aromatic rings. The molecular formula is C20H27NO2. The first-order valence-electron chi connectivity index (χ1n) is 9.73. The second-order valence-electron chi connectivity index (χ2n) is 10.7. The standard InChI is InChI=1S/C20H27NO2/c1-10-7-18-8-20(23)16-17(2)4-3-5-19(16)14(18)13(22)11(10)6-12(18)15(19)21(20)9-17/h11-16,22-23H,1,3-9H2,2H3/t11-,12-,13?,14-,15?,16-,17+,18?,19+,20-/m1/s1. The van der Waals surface area contributed by atoms with Gasteiger partial charge in [-0.15, -0.1) is 0 Å². The molecule has 2 N–H and O–H groups in total. The van der Waals surface area contributed by atoms with Crippen molar-refractivity contribution in [1.29, 1.82) is 0 Å². The lowest BCUT2D eigenvalue weighted by molar-refractivity contribution is -0.246. The second-order valence-corrected chi connectivity index (χ2v) is 10.7. The van der Waals surface area contributed by atoms with Gasteiger partial charge in [0, 0.05) is 24.4 Å². The molecule has 0 radical (unpaired) electrons. The maximum Gasteiger partial charge on any atom is 0.123 e. The topological polar surface area (TPSA) is 43.7 Å². The molecule has 9 aliphatic rings. The predicted octanol–water partition coefficient (Wildman–Crippen LogP) is 2.14. The van der Waals surface area contributed by atoms with Gasteiger partial charge in [-0.05, 0) is 60.2 Å². The Bertz CT molecular complexity index is 691. The van der Waals surface area contributed by atoms with Crippen molar-refractivity contribution in [2.24, 2.45) is 39.9 Å². The Balaban J connectivity index is 1.56. The van der Waals surface area contributed by atoms with E-state index in [1.165, 1.54) is 24.8 Å². The maximum atomic E-state index is 11.8. The van der Waals surface area contributed by atoms with Gasteiger partial charge in [-0.25, -0.2) is 0 Å². The zero-order chi connectivity index (χ0) is 15.6. The summed E-state index contributed by atoms with van der Waals surface area (Å²) in [6.07, 6.45) is 6.75.